The van der Waals surface area contributed by atoms with Gasteiger partial charge in [-0.05, 0) is 81.6 Å². The Balaban J connectivity index is 1.39. The van der Waals surface area contributed by atoms with Crippen LogP contribution in [-0.4, -0.2) is 55.4 Å². The van der Waals surface area contributed by atoms with Crippen molar-refractivity contribution in [2.45, 2.75) is 46.5 Å². The van der Waals surface area contributed by atoms with Crippen LogP contribution in [0.3, 0.4) is 0 Å². The summed E-state index contributed by atoms with van der Waals surface area (Å²) in [5, 5.41) is 15.4. The number of carbonyl (C=O) groups is 2. The van der Waals surface area contributed by atoms with Gasteiger partial charge in [0.25, 0.3) is 5.91 Å². The highest BCUT2D eigenvalue weighted by Crippen LogP contribution is 2.31. The topological polar surface area (TPSA) is 94.1 Å². The Kier molecular flexibility index (Phi) is 6.19. The summed E-state index contributed by atoms with van der Waals surface area (Å²) in [5.74, 6) is -0.450. The first-order chi connectivity index (χ1) is 16.8. The maximum absolute atomic E-state index is 12.9. The number of hydrazone groups is 1. The minimum atomic E-state index is -0.465. The van der Waals surface area contributed by atoms with E-state index < -0.39 is 5.91 Å². The average molecular weight is 489 g/mol. The lowest BCUT2D eigenvalue weighted by Crippen LogP contribution is -2.36. The van der Waals surface area contributed by atoms with Crippen LogP contribution in [0.1, 0.15) is 48.2 Å². The van der Waals surface area contributed by atoms with Crippen molar-refractivity contribution < 1.29 is 9.59 Å². The molecule has 3 aliphatic heterocycles. The zero-order valence-corrected chi connectivity index (χ0v) is 21.0. The quantitative estimate of drug-likeness (QED) is 0.645. The molecule has 1 aromatic heterocycles. The van der Waals surface area contributed by atoms with E-state index in [1.54, 1.807) is 6.08 Å². The number of nitrogens with one attached hydrogen (secondary N) is 1. The Morgan fingerprint density at radius 1 is 1.11 bits per heavy atom. The number of nitrogens with zero attached hydrogens (tertiary/aromatic N) is 5. The molecule has 9 heteroatoms. The first-order valence-corrected chi connectivity index (χ1v) is 12.7. The molecule has 3 aliphatic rings. The number of benzene rings is 1. The fourth-order valence-electron chi connectivity index (χ4n) is 4.67. The molecule has 0 radical (unpaired) electrons. The van der Waals surface area contributed by atoms with E-state index in [0.29, 0.717) is 10.2 Å². The third kappa shape index (κ3) is 4.48. The van der Waals surface area contributed by atoms with Gasteiger partial charge in [-0.2, -0.15) is 15.1 Å². The summed E-state index contributed by atoms with van der Waals surface area (Å²) in [5.41, 5.74) is 5.28. The smallest absolute Gasteiger partial charge is 0.283 e. The number of thioether (sulfide) groups is 1. The van der Waals surface area contributed by atoms with Crippen LogP contribution in [0.25, 0.3) is 11.8 Å². The summed E-state index contributed by atoms with van der Waals surface area (Å²) >= 11 is 1.20. The number of hydrogen-bond donors (Lipinski definition) is 1. The number of likely N-dealkylation sites (tertiary alicyclic amines) is 1. The van der Waals surface area contributed by atoms with E-state index in [1.807, 2.05) is 24.8 Å². The highest BCUT2D eigenvalue weighted by Gasteiger charge is 2.36. The molecule has 1 aromatic carbocycles. The lowest BCUT2D eigenvalue weighted by Gasteiger charge is -2.26. The first kappa shape index (κ1) is 23.3. The van der Waals surface area contributed by atoms with Gasteiger partial charge in [0, 0.05) is 30.2 Å². The Morgan fingerprint density at radius 3 is 2.54 bits per heavy atom. The maximum atomic E-state index is 12.9. The van der Waals surface area contributed by atoms with Gasteiger partial charge in [0.05, 0.1) is 12.0 Å². The number of piperidine rings is 1. The lowest BCUT2D eigenvalue weighted by molar-refractivity contribution is -0.130. The number of hydrogen-bond acceptors (Lipinski definition) is 5. The molecular weight excluding hydrogens is 460 g/mol. The largest absolute Gasteiger partial charge is 0.342 e. The average Bonchev–Trinajstić information content (AvgIpc) is 3.37. The third-order valence-corrected chi connectivity index (χ3v) is 7.48. The maximum Gasteiger partial charge on any atom is 0.283 e. The molecule has 4 heterocycles. The van der Waals surface area contributed by atoms with Crippen molar-refractivity contribution in [3.63, 3.8) is 0 Å². The van der Waals surface area contributed by atoms with Gasteiger partial charge in [-0.15, -0.1) is 0 Å². The van der Waals surface area contributed by atoms with E-state index in [9.17, 15) is 9.59 Å². The number of aryl methyl sites for hydroxylation is 2. The van der Waals surface area contributed by atoms with Gasteiger partial charge in [0.15, 0.2) is 5.84 Å². The van der Waals surface area contributed by atoms with E-state index in [1.165, 1.54) is 22.3 Å². The number of aliphatic imine (C=N–C) groups is 1. The predicted octanol–water partition coefficient (Wildman–Crippen LogP) is 4.42. The third-order valence-electron chi connectivity index (χ3n) is 6.57. The summed E-state index contributed by atoms with van der Waals surface area (Å²) in [6, 6.07) is 10.3. The van der Waals surface area contributed by atoms with E-state index in [4.69, 9.17) is 5.41 Å². The van der Waals surface area contributed by atoms with Crippen molar-refractivity contribution in [2.75, 3.05) is 13.1 Å². The molecule has 2 aromatic rings. The number of aromatic nitrogens is 1. The Labute approximate surface area is 208 Å². The summed E-state index contributed by atoms with van der Waals surface area (Å²) in [4.78, 5) is 31.6. The van der Waals surface area contributed by atoms with Gasteiger partial charge in [-0.3, -0.25) is 15.0 Å². The van der Waals surface area contributed by atoms with Gasteiger partial charge in [-0.1, -0.05) is 17.7 Å². The van der Waals surface area contributed by atoms with Crippen molar-refractivity contribution in [3.8, 4) is 5.69 Å². The Morgan fingerprint density at radius 2 is 1.83 bits per heavy atom. The second kappa shape index (κ2) is 9.30. The van der Waals surface area contributed by atoms with Crippen molar-refractivity contribution in [1.29, 1.82) is 5.41 Å². The summed E-state index contributed by atoms with van der Waals surface area (Å²) in [6.45, 7) is 7.64. The predicted molar refractivity (Wildman–Crippen MR) is 140 cm³/mol. The molecule has 0 aliphatic carbocycles. The lowest BCUT2D eigenvalue weighted by atomic mass is 10.1. The number of amidine groups is 2. The molecule has 0 bridgehead atoms. The first-order valence-electron chi connectivity index (χ1n) is 11.8. The number of carbonyl (C=O) groups excluding carboxylic acids is 2. The van der Waals surface area contributed by atoms with Gasteiger partial charge < -0.3 is 9.47 Å². The van der Waals surface area contributed by atoms with Crippen LogP contribution in [0.4, 0.5) is 0 Å². The summed E-state index contributed by atoms with van der Waals surface area (Å²) < 4.78 is 2.13. The van der Waals surface area contributed by atoms with Crippen molar-refractivity contribution in [3.05, 3.63) is 58.4 Å². The van der Waals surface area contributed by atoms with Crippen LogP contribution in [0, 0.1) is 26.2 Å². The zero-order chi connectivity index (χ0) is 24.7. The highest BCUT2D eigenvalue weighted by atomic mass is 32.2. The molecule has 0 atom stereocenters. The Bertz CT molecular complexity index is 1310. The molecular formula is C26H28N6O2S. The molecule has 1 saturated heterocycles. The van der Waals surface area contributed by atoms with Crippen LogP contribution in [0.5, 0.6) is 0 Å². The number of rotatable bonds is 4. The minimum absolute atomic E-state index is 0.0203. The summed E-state index contributed by atoms with van der Waals surface area (Å²) in [7, 11) is 0. The molecule has 8 nitrogen and oxygen atoms in total. The van der Waals surface area contributed by atoms with Crippen LogP contribution >= 0.6 is 11.8 Å². The Hall–Kier alpha value is -3.46. The molecule has 5 rings (SSSR count). The highest BCUT2D eigenvalue weighted by molar-refractivity contribution is 8.27. The van der Waals surface area contributed by atoms with Gasteiger partial charge in [0.2, 0.25) is 11.1 Å². The van der Waals surface area contributed by atoms with Crippen molar-refractivity contribution in [1.82, 2.24) is 14.5 Å². The second-order valence-corrected chi connectivity index (χ2v) is 10.2. The fourth-order valence-corrected chi connectivity index (χ4v) is 5.54. The van der Waals surface area contributed by atoms with Crippen LogP contribution < -0.4 is 0 Å². The molecule has 180 valence electrons. The summed E-state index contributed by atoms with van der Waals surface area (Å²) in [6.07, 6.45) is 5.10. The minimum Gasteiger partial charge on any atom is -0.342 e. The van der Waals surface area contributed by atoms with Crippen LogP contribution in [-0.2, 0) is 9.59 Å². The number of amides is 2. The fraction of sp³-hybridized carbons (Fsp3) is 0.346. The van der Waals surface area contributed by atoms with E-state index in [0.717, 1.165) is 55.0 Å². The second-order valence-electron chi connectivity index (χ2n) is 9.13. The monoisotopic (exact) mass is 488 g/mol. The molecule has 0 saturated carbocycles. The number of fused-ring (bicyclic) bond motifs is 1. The molecule has 35 heavy (non-hydrogen) atoms. The van der Waals surface area contributed by atoms with Crippen molar-refractivity contribution in [2.24, 2.45) is 10.1 Å². The van der Waals surface area contributed by atoms with Crippen LogP contribution in [0.15, 0.2) is 46.0 Å². The molecule has 1 N–H and O–H groups in total. The van der Waals surface area contributed by atoms with E-state index >= 15 is 0 Å². The van der Waals surface area contributed by atoms with Gasteiger partial charge in [0.1, 0.15) is 5.04 Å². The molecule has 0 spiro atoms. The molecule has 2 amide bonds. The molecule has 0 unspecified atom stereocenters. The van der Waals surface area contributed by atoms with Gasteiger partial charge in [-0.25, -0.2) is 0 Å². The SMILES string of the molecule is Cc1ccc(-n2c(C)cc(C=C3C(=N)N4N=C(CC(=O)N5CCCCC5)SC4=NC3=O)c2C)cc1. The zero-order valence-electron chi connectivity index (χ0n) is 20.2. The van der Waals surface area contributed by atoms with Crippen molar-refractivity contribution >= 4 is 45.7 Å². The van der Waals surface area contributed by atoms with Crippen LogP contribution in [0.2, 0.25) is 0 Å². The van der Waals surface area contributed by atoms with E-state index in [-0.39, 0.29) is 23.7 Å². The standard InChI is InChI=1S/C26H28N6O2S/c1-16-7-9-20(10-8-16)31-17(2)13-19(18(31)3)14-21-24(27)32-26(28-25(21)34)35-22(29-32)15-23(33)30-11-5-4-6-12-30/h7-10,13-14,27H,4-6,11-12,15H2,1-3H3. The molecule has 1 fully saturated rings. The van der Waals surface area contributed by atoms with Gasteiger partial charge >= 0.3 is 0 Å². The van der Waals surface area contributed by atoms with E-state index in [2.05, 4.69) is 45.9 Å². The normalized spacial score (nSPS) is 19.2.